The molecule has 1 aromatic carbocycles. The molecule has 2 aromatic rings. The van der Waals surface area contributed by atoms with Crippen LogP contribution < -0.4 is 9.47 Å². The summed E-state index contributed by atoms with van der Waals surface area (Å²) in [6.07, 6.45) is 2.84. The van der Waals surface area contributed by atoms with E-state index in [9.17, 15) is 4.79 Å². The van der Waals surface area contributed by atoms with E-state index in [1.54, 1.807) is 4.68 Å². The van der Waals surface area contributed by atoms with Crippen LogP contribution in [0.15, 0.2) is 23.4 Å². The van der Waals surface area contributed by atoms with E-state index in [1.807, 2.05) is 30.9 Å². The standard InChI is InChI=1S/C19H25N5O3S/c1-13(2)24-19(20-21-22-24)28-12-18(25)23-8-3-5-15(23)14-6-7-16-17(11-14)27-10-4-9-26-16/h6-7,11,13,15H,3-5,8-10,12H2,1-2H3. The number of tetrazole rings is 1. The number of benzene rings is 1. The first-order chi connectivity index (χ1) is 13.6. The van der Waals surface area contributed by atoms with Gasteiger partial charge in [0.05, 0.1) is 31.1 Å². The molecular weight excluding hydrogens is 378 g/mol. The van der Waals surface area contributed by atoms with Crippen molar-refractivity contribution in [2.75, 3.05) is 25.5 Å². The first-order valence-electron chi connectivity index (χ1n) is 9.73. The van der Waals surface area contributed by atoms with Crippen molar-refractivity contribution in [3.63, 3.8) is 0 Å². The highest BCUT2D eigenvalue weighted by Crippen LogP contribution is 2.38. The average Bonchev–Trinajstić information content (AvgIpc) is 3.31. The van der Waals surface area contributed by atoms with E-state index in [2.05, 4.69) is 21.6 Å². The van der Waals surface area contributed by atoms with Crippen LogP contribution >= 0.6 is 11.8 Å². The Morgan fingerprint density at radius 2 is 2.07 bits per heavy atom. The minimum Gasteiger partial charge on any atom is -0.490 e. The first-order valence-corrected chi connectivity index (χ1v) is 10.7. The van der Waals surface area contributed by atoms with Crippen LogP contribution in [0.3, 0.4) is 0 Å². The van der Waals surface area contributed by atoms with Crippen LogP contribution in [0.1, 0.15) is 50.8 Å². The van der Waals surface area contributed by atoms with Gasteiger partial charge in [0.25, 0.3) is 0 Å². The Hall–Kier alpha value is -2.29. The summed E-state index contributed by atoms with van der Waals surface area (Å²) in [4.78, 5) is 14.9. The second-order valence-corrected chi connectivity index (χ2v) is 8.23. The molecule has 28 heavy (non-hydrogen) atoms. The predicted molar refractivity (Wildman–Crippen MR) is 105 cm³/mol. The van der Waals surface area contributed by atoms with E-state index < -0.39 is 0 Å². The van der Waals surface area contributed by atoms with E-state index in [4.69, 9.17) is 9.47 Å². The summed E-state index contributed by atoms with van der Waals surface area (Å²) < 4.78 is 13.3. The van der Waals surface area contributed by atoms with Gasteiger partial charge in [0.1, 0.15) is 0 Å². The molecule has 8 nitrogen and oxygen atoms in total. The number of carbonyl (C=O) groups is 1. The number of carbonyl (C=O) groups excluding carboxylic acids is 1. The van der Waals surface area contributed by atoms with Gasteiger partial charge in [0.2, 0.25) is 11.1 Å². The van der Waals surface area contributed by atoms with Crippen molar-refractivity contribution in [3.8, 4) is 11.5 Å². The molecule has 0 N–H and O–H groups in total. The summed E-state index contributed by atoms with van der Waals surface area (Å²) in [5.41, 5.74) is 1.10. The van der Waals surface area contributed by atoms with Crippen molar-refractivity contribution in [1.82, 2.24) is 25.1 Å². The summed E-state index contributed by atoms with van der Waals surface area (Å²) in [7, 11) is 0. The Morgan fingerprint density at radius 1 is 1.25 bits per heavy atom. The third kappa shape index (κ3) is 3.94. The van der Waals surface area contributed by atoms with Gasteiger partial charge in [0.15, 0.2) is 11.5 Å². The molecule has 1 amide bonds. The number of nitrogens with zero attached hydrogens (tertiary/aromatic N) is 5. The second-order valence-electron chi connectivity index (χ2n) is 7.29. The van der Waals surface area contributed by atoms with E-state index in [1.165, 1.54) is 11.8 Å². The third-order valence-corrected chi connectivity index (χ3v) is 5.92. The number of fused-ring (bicyclic) bond motifs is 1. The summed E-state index contributed by atoms with van der Waals surface area (Å²) >= 11 is 1.39. The van der Waals surface area contributed by atoms with Crippen LogP contribution in [0.25, 0.3) is 0 Å². The summed E-state index contributed by atoms with van der Waals surface area (Å²) in [5, 5.41) is 12.4. The minimum absolute atomic E-state index is 0.0753. The quantitative estimate of drug-likeness (QED) is 0.710. The zero-order chi connectivity index (χ0) is 19.5. The molecule has 0 spiro atoms. The highest BCUT2D eigenvalue weighted by Gasteiger charge is 2.31. The smallest absolute Gasteiger partial charge is 0.233 e. The fourth-order valence-electron chi connectivity index (χ4n) is 3.61. The molecule has 0 saturated carbocycles. The summed E-state index contributed by atoms with van der Waals surface area (Å²) in [6, 6.07) is 6.28. The number of thioether (sulfide) groups is 1. The van der Waals surface area contributed by atoms with Gasteiger partial charge in [-0.1, -0.05) is 17.8 Å². The Labute approximate surface area is 168 Å². The molecule has 2 aliphatic rings. The van der Waals surface area contributed by atoms with Gasteiger partial charge in [-0.2, -0.15) is 0 Å². The normalized spacial score (nSPS) is 19.1. The van der Waals surface area contributed by atoms with Gasteiger partial charge < -0.3 is 14.4 Å². The van der Waals surface area contributed by atoms with Crippen LogP contribution in [0.5, 0.6) is 11.5 Å². The average molecular weight is 404 g/mol. The fourth-order valence-corrected chi connectivity index (χ4v) is 4.50. The van der Waals surface area contributed by atoms with Crippen molar-refractivity contribution in [3.05, 3.63) is 23.8 Å². The fraction of sp³-hybridized carbons (Fsp3) is 0.579. The maximum Gasteiger partial charge on any atom is 0.233 e. The lowest BCUT2D eigenvalue weighted by molar-refractivity contribution is -0.129. The number of rotatable bonds is 5. The number of hydrogen-bond donors (Lipinski definition) is 0. The first kappa shape index (κ1) is 19.0. The largest absolute Gasteiger partial charge is 0.490 e. The zero-order valence-electron chi connectivity index (χ0n) is 16.2. The van der Waals surface area contributed by atoms with Crippen molar-refractivity contribution in [2.45, 2.75) is 50.4 Å². The monoisotopic (exact) mass is 403 g/mol. The minimum atomic E-state index is 0.0753. The van der Waals surface area contributed by atoms with Gasteiger partial charge in [-0.25, -0.2) is 4.68 Å². The molecule has 0 bridgehead atoms. The number of aromatic nitrogens is 4. The SMILES string of the molecule is CC(C)n1nnnc1SCC(=O)N1CCCC1c1ccc2c(c1)OCCCO2. The molecule has 4 rings (SSSR count). The lowest BCUT2D eigenvalue weighted by Crippen LogP contribution is -2.32. The van der Waals surface area contributed by atoms with Crippen LogP contribution in [0.4, 0.5) is 0 Å². The molecular formula is C19H25N5O3S. The summed E-state index contributed by atoms with van der Waals surface area (Å²) in [6.45, 7) is 6.14. The van der Waals surface area contributed by atoms with E-state index in [0.29, 0.717) is 24.1 Å². The van der Waals surface area contributed by atoms with Crippen LogP contribution in [-0.2, 0) is 4.79 Å². The van der Waals surface area contributed by atoms with Crippen molar-refractivity contribution >= 4 is 17.7 Å². The Bertz CT molecular complexity index is 841. The number of amides is 1. The topological polar surface area (TPSA) is 82.4 Å². The van der Waals surface area contributed by atoms with Gasteiger partial charge >= 0.3 is 0 Å². The number of hydrogen-bond acceptors (Lipinski definition) is 7. The molecule has 2 aliphatic heterocycles. The highest BCUT2D eigenvalue weighted by atomic mass is 32.2. The lowest BCUT2D eigenvalue weighted by Gasteiger charge is -2.25. The maximum absolute atomic E-state index is 12.9. The Morgan fingerprint density at radius 3 is 2.89 bits per heavy atom. The van der Waals surface area contributed by atoms with E-state index in [0.717, 1.165) is 42.9 Å². The molecule has 9 heteroatoms. The number of likely N-dealkylation sites (tertiary alicyclic amines) is 1. The Kier molecular flexibility index (Phi) is 5.70. The molecule has 150 valence electrons. The van der Waals surface area contributed by atoms with Crippen molar-refractivity contribution in [1.29, 1.82) is 0 Å². The lowest BCUT2D eigenvalue weighted by atomic mass is 10.0. The molecule has 1 saturated heterocycles. The maximum atomic E-state index is 12.9. The molecule has 3 heterocycles. The molecule has 0 radical (unpaired) electrons. The Balaban J connectivity index is 1.45. The summed E-state index contributed by atoms with van der Waals surface area (Å²) in [5.74, 6) is 2.00. The van der Waals surface area contributed by atoms with Gasteiger partial charge in [-0.15, -0.1) is 5.10 Å². The van der Waals surface area contributed by atoms with Crippen LogP contribution in [-0.4, -0.2) is 56.5 Å². The van der Waals surface area contributed by atoms with Crippen molar-refractivity contribution in [2.24, 2.45) is 0 Å². The van der Waals surface area contributed by atoms with Crippen LogP contribution in [0, 0.1) is 0 Å². The van der Waals surface area contributed by atoms with Gasteiger partial charge in [-0.3, -0.25) is 4.79 Å². The van der Waals surface area contributed by atoms with E-state index in [-0.39, 0.29) is 18.0 Å². The molecule has 1 aromatic heterocycles. The van der Waals surface area contributed by atoms with E-state index >= 15 is 0 Å². The second kappa shape index (κ2) is 8.38. The molecule has 1 atom stereocenters. The highest BCUT2D eigenvalue weighted by molar-refractivity contribution is 7.99. The van der Waals surface area contributed by atoms with Crippen molar-refractivity contribution < 1.29 is 14.3 Å². The predicted octanol–water partition coefficient (Wildman–Crippen LogP) is 2.87. The third-order valence-electron chi connectivity index (χ3n) is 5.01. The molecule has 1 unspecified atom stereocenters. The molecule has 0 aliphatic carbocycles. The number of ether oxygens (including phenoxy) is 2. The van der Waals surface area contributed by atoms with Gasteiger partial charge in [-0.05, 0) is 54.8 Å². The van der Waals surface area contributed by atoms with Gasteiger partial charge in [0, 0.05) is 13.0 Å². The van der Waals surface area contributed by atoms with Crippen LogP contribution in [0.2, 0.25) is 0 Å². The molecule has 1 fully saturated rings. The zero-order valence-corrected chi connectivity index (χ0v) is 17.0.